The highest BCUT2D eigenvalue weighted by Crippen LogP contribution is 2.38. The number of amides is 1. The fourth-order valence-corrected chi connectivity index (χ4v) is 3.07. The Morgan fingerprint density at radius 3 is 2.78 bits per heavy atom. The summed E-state index contributed by atoms with van der Waals surface area (Å²) < 4.78 is 5.79. The monoisotopic (exact) mass is 245 g/mol. The smallest absolute Gasteiger partial charge is 0.228 e. The molecule has 0 radical (unpaired) electrons. The van der Waals surface area contributed by atoms with Crippen LogP contribution in [0.3, 0.4) is 0 Å². The molecule has 2 aliphatic heterocycles. The molecule has 2 saturated heterocycles. The Morgan fingerprint density at radius 1 is 1.28 bits per heavy atom. The van der Waals surface area contributed by atoms with Crippen molar-refractivity contribution in [1.29, 1.82) is 0 Å². The summed E-state index contributed by atoms with van der Waals surface area (Å²) in [6, 6.07) is 10.3. The summed E-state index contributed by atoms with van der Waals surface area (Å²) in [7, 11) is 0. The van der Waals surface area contributed by atoms with Crippen molar-refractivity contribution >= 4 is 5.91 Å². The second-order valence-corrected chi connectivity index (χ2v) is 5.14. The summed E-state index contributed by atoms with van der Waals surface area (Å²) >= 11 is 0. The first-order valence-corrected chi connectivity index (χ1v) is 6.80. The predicted molar refractivity (Wildman–Crippen MR) is 68.8 cm³/mol. The van der Waals surface area contributed by atoms with Gasteiger partial charge in [0.25, 0.3) is 0 Å². The van der Waals surface area contributed by atoms with Crippen LogP contribution in [0.5, 0.6) is 0 Å². The number of hydrogen-bond acceptors (Lipinski definition) is 2. The SMILES string of the molecule is CC[C@H]1CC[C@@H]2OC[C@@H](c3ccccc3)N2C1=O. The molecule has 3 rings (SSSR count). The molecule has 0 spiro atoms. The molecule has 0 N–H and O–H groups in total. The van der Waals surface area contributed by atoms with Crippen molar-refractivity contribution in [2.45, 2.75) is 38.5 Å². The van der Waals surface area contributed by atoms with E-state index in [4.69, 9.17) is 4.74 Å². The maximum Gasteiger partial charge on any atom is 0.228 e. The van der Waals surface area contributed by atoms with Crippen molar-refractivity contribution in [3.63, 3.8) is 0 Å². The maximum atomic E-state index is 12.5. The van der Waals surface area contributed by atoms with E-state index in [0.717, 1.165) is 19.3 Å². The molecule has 0 bridgehead atoms. The van der Waals surface area contributed by atoms with Crippen LogP contribution >= 0.6 is 0 Å². The zero-order valence-corrected chi connectivity index (χ0v) is 10.7. The highest BCUT2D eigenvalue weighted by atomic mass is 16.5. The number of benzene rings is 1. The first-order chi connectivity index (χ1) is 8.81. The third kappa shape index (κ3) is 1.83. The van der Waals surface area contributed by atoms with Gasteiger partial charge in [-0.2, -0.15) is 0 Å². The lowest BCUT2D eigenvalue weighted by molar-refractivity contribution is -0.148. The van der Waals surface area contributed by atoms with Crippen LogP contribution in [0, 0.1) is 5.92 Å². The normalized spacial score (nSPS) is 31.5. The number of carbonyl (C=O) groups is 1. The van der Waals surface area contributed by atoms with Crippen LogP contribution in [0.1, 0.15) is 37.8 Å². The van der Waals surface area contributed by atoms with Crippen LogP contribution < -0.4 is 0 Å². The molecule has 18 heavy (non-hydrogen) atoms. The van der Waals surface area contributed by atoms with Crippen molar-refractivity contribution in [2.24, 2.45) is 5.92 Å². The minimum absolute atomic E-state index is 0.00510. The molecule has 1 aromatic rings. The molecule has 0 unspecified atom stereocenters. The third-order valence-corrected chi connectivity index (χ3v) is 4.14. The molecule has 1 amide bonds. The average Bonchev–Trinajstić information content (AvgIpc) is 2.85. The molecular weight excluding hydrogens is 226 g/mol. The number of rotatable bonds is 2. The molecule has 0 saturated carbocycles. The summed E-state index contributed by atoms with van der Waals surface area (Å²) in [4.78, 5) is 14.4. The molecule has 0 aromatic heterocycles. The first kappa shape index (κ1) is 11.7. The van der Waals surface area contributed by atoms with E-state index in [0.29, 0.717) is 6.61 Å². The Labute approximate surface area is 108 Å². The lowest BCUT2D eigenvalue weighted by Crippen LogP contribution is -2.45. The van der Waals surface area contributed by atoms with Gasteiger partial charge in [-0.1, -0.05) is 37.3 Å². The average molecular weight is 245 g/mol. The van der Waals surface area contributed by atoms with Gasteiger partial charge in [-0.25, -0.2) is 0 Å². The molecule has 96 valence electrons. The molecule has 3 atom stereocenters. The largest absolute Gasteiger partial charge is 0.356 e. The minimum Gasteiger partial charge on any atom is -0.356 e. The summed E-state index contributed by atoms with van der Waals surface area (Å²) in [6.07, 6.45) is 2.89. The van der Waals surface area contributed by atoms with Crippen molar-refractivity contribution in [1.82, 2.24) is 4.90 Å². The van der Waals surface area contributed by atoms with Gasteiger partial charge in [-0.15, -0.1) is 0 Å². The van der Waals surface area contributed by atoms with Crippen LogP contribution in [0.15, 0.2) is 30.3 Å². The molecular formula is C15H19NO2. The second kappa shape index (κ2) is 4.73. The van der Waals surface area contributed by atoms with E-state index >= 15 is 0 Å². The number of nitrogens with zero attached hydrogens (tertiary/aromatic N) is 1. The van der Waals surface area contributed by atoms with E-state index in [9.17, 15) is 4.79 Å². The van der Waals surface area contributed by atoms with Crippen molar-refractivity contribution < 1.29 is 9.53 Å². The van der Waals surface area contributed by atoms with Gasteiger partial charge >= 0.3 is 0 Å². The number of ether oxygens (including phenoxy) is 1. The van der Waals surface area contributed by atoms with E-state index in [1.807, 2.05) is 23.1 Å². The van der Waals surface area contributed by atoms with Crippen LogP contribution in [0.4, 0.5) is 0 Å². The van der Waals surface area contributed by atoms with Crippen LogP contribution in [-0.2, 0) is 9.53 Å². The molecule has 2 heterocycles. The molecule has 0 aliphatic carbocycles. The van der Waals surface area contributed by atoms with Crippen molar-refractivity contribution in [2.75, 3.05) is 6.61 Å². The Morgan fingerprint density at radius 2 is 2.06 bits per heavy atom. The third-order valence-electron chi connectivity index (χ3n) is 4.14. The standard InChI is InChI=1S/C15H19NO2/c1-2-11-8-9-14-16(15(11)17)13(10-18-14)12-6-4-3-5-7-12/h3-7,11,13-14H,2,8-10H2,1H3/t11-,13-,14-/m0/s1. The summed E-state index contributed by atoms with van der Waals surface area (Å²) in [6.45, 7) is 2.73. The van der Waals surface area contributed by atoms with Crippen molar-refractivity contribution in [3.8, 4) is 0 Å². The van der Waals surface area contributed by atoms with E-state index < -0.39 is 0 Å². The van der Waals surface area contributed by atoms with E-state index in [1.54, 1.807) is 0 Å². The zero-order chi connectivity index (χ0) is 12.5. The van der Waals surface area contributed by atoms with Gasteiger partial charge < -0.3 is 9.64 Å². The van der Waals surface area contributed by atoms with Crippen molar-refractivity contribution in [3.05, 3.63) is 35.9 Å². The fourth-order valence-electron chi connectivity index (χ4n) is 3.07. The number of hydrogen-bond donors (Lipinski definition) is 0. The molecule has 3 nitrogen and oxygen atoms in total. The summed E-state index contributed by atoms with van der Waals surface area (Å²) in [5.74, 6) is 0.467. The first-order valence-electron chi connectivity index (χ1n) is 6.80. The minimum atomic E-state index is 0.00510. The quantitative estimate of drug-likeness (QED) is 0.801. The molecule has 1 aromatic carbocycles. The van der Waals surface area contributed by atoms with E-state index in [-0.39, 0.29) is 24.1 Å². The topological polar surface area (TPSA) is 29.5 Å². The van der Waals surface area contributed by atoms with Gasteiger partial charge in [0.15, 0.2) is 0 Å². The van der Waals surface area contributed by atoms with Gasteiger partial charge in [0, 0.05) is 5.92 Å². The van der Waals surface area contributed by atoms with Gasteiger partial charge in [-0.3, -0.25) is 4.79 Å². The Balaban J connectivity index is 1.87. The van der Waals surface area contributed by atoms with Gasteiger partial charge in [0.2, 0.25) is 5.91 Å². The Bertz CT molecular complexity index is 431. The van der Waals surface area contributed by atoms with Gasteiger partial charge in [0.05, 0.1) is 12.6 Å². The van der Waals surface area contributed by atoms with Gasteiger partial charge in [-0.05, 0) is 24.8 Å². The Kier molecular flexibility index (Phi) is 3.08. The van der Waals surface area contributed by atoms with Crippen LogP contribution in [0.2, 0.25) is 0 Å². The van der Waals surface area contributed by atoms with E-state index in [2.05, 4.69) is 19.1 Å². The lowest BCUT2D eigenvalue weighted by Gasteiger charge is -2.36. The molecule has 2 aliphatic rings. The van der Waals surface area contributed by atoms with E-state index in [1.165, 1.54) is 5.56 Å². The summed E-state index contributed by atoms with van der Waals surface area (Å²) in [5, 5.41) is 0. The number of carbonyl (C=O) groups excluding carboxylic acids is 1. The number of piperidine rings is 1. The summed E-state index contributed by atoms with van der Waals surface area (Å²) in [5.41, 5.74) is 1.19. The second-order valence-electron chi connectivity index (χ2n) is 5.14. The predicted octanol–water partition coefficient (Wildman–Crippen LogP) is 2.73. The lowest BCUT2D eigenvalue weighted by atomic mass is 9.92. The molecule has 2 fully saturated rings. The highest BCUT2D eigenvalue weighted by molar-refractivity contribution is 5.80. The number of fused-ring (bicyclic) bond motifs is 1. The highest BCUT2D eigenvalue weighted by Gasteiger charge is 2.43. The Hall–Kier alpha value is -1.35. The van der Waals surface area contributed by atoms with Crippen LogP contribution in [0.25, 0.3) is 0 Å². The van der Waals surface area contributed by atoms with Crippen LogP contribution in [-0.4, -0.2) is 23.6 Å². The van der Waals surface area contributed by atoms with Gasteiger partial charge in [0.1, 0.15) is 6.23 Å². The molecule has 3 heteroatoms. The zero-order valence-electron chi connectivity index (χ0n) is 10.7. The fraction of sp³-hybridized carbons (Fsp3) is 0.533. The maximum absolute atomic E-state index is 12.5.